The maximum atomic E-state index is 5.42. The van der Waals surface area contributed by atoms with Crippen LogP contribution in [0.1, 0.15) is 0 Å². The molecule has 0 saturated heterocycles. The van der Waals surface area contributed by atoms with Crippen molar-refractivity contribution >= 4 is 70.8 Å². The molecular weight excluding hydrogens is 609 g/mol. The number of rotatable bonds is 3. The first-order valence-electron chi connectivity index (χ1n) is 17.0. The highest BCUT2D eigenvalue weighted by molar-refractivity contribution is 6.28. The summed E-state index contributed by atoms with van der Waals surface area (Å²) in [5.41, 5.74) is 10.8. The smallest absolute Gasteiger partial charge is 0.235 e. The third-order valence-corrected chi connectivity index (χ3v) is 10.3. The van der Waals surface area contributed by atoms with Crippen molar-refractivity contribution in [1.29, 1.82) is 0 Å². The fourth-order valence-corrected chi connectivity index (χ4v) is 8.09. The summed E-state index contributed by atoms with van der Waals surface area (Å²) < 4.78 is 4.77. The molecule has 0 bridgehead atoms. The molecule has 4 nitrogen and oxygen atoms in total. The van der Waals surface area contributed by atoms with E-state index in [4.69, 9.17) is 9.97 Å². The molecular formula is C46H28N4. The average Bonchev–Trinajstić information content (AvgIpc) is 3.47. The lowest BCUT2D eigenvalue weighted by atomic mass is 10.0. The highest BCUT2D eigenvalue weighted by Gasteiger charge is 2.22. The summed E-state index contributed by atoms with van der Waals surface area (Å²) in [6, 6.07) is 60.7. The van der Waals surface area contributed by atoms with E-state index in [1.807, 2.05) is 6.07 Å². The van der Waals surface area contributed by atoms with Crippen molar-refractivity contribution in [1.82, 2.24) is 18.9 Å². The van der Waals surface area contributed by atoms with Crippen LogP contribution in [0.5, 0.6) is 0 Å². The highest BCUT2D eigenvalue weighted by Crippen LogP contribution is 2.42. The van der Waals surface area contributed by atoms with Crippen LogP contribution in [0.2, 0.25) is 0 Å². The van der Waals surface area contributed by atoms with Crippen LogP contribution in [0.25, 0.3) is 99.1 Å². The molecule has 3 aromatic heterocycles. The Morgan fingerprint density at radius 2 is 1.08 bits per heavy atom. The van der Waals surface area contributed by atoms with E-state index in [2.05, 4.69) is 173 Å². The Labute approximate surface area is 287 Å². The minimum absolute atomic E-state index is 0.640. The Hall–Kier alpha value is -6.78. The molecule has 0 saturated carbocycles. The van der Waals surface area contributed by atoms with E-state index in [9.17, 15) is 0 Å². The zero-order valence-electron chi connectivity index (χ0n) is 27.0. The zero-order valence-corrected chi connectivity index (χ0v) is 27.0. The molecule has 232 valence electrons. The normalized spacial score (nSPS) is 12.0. The Bertz CT molecular complexity index is 3140. The second-order valence-corrected chi connectivity index (χ2v) is 13.0. The number of para-hydroxylation sites is 1. The summed E-state index contributed by atoms with van der Waals surface area (Å²) in [7, 11) is 0. The maximum absolute atomic E-state index is 5.42. The Morgan fingerprint density at radius 1 is 0.380 bits per heavy atom. The van der Waals surface area contributed by atoms with E-state index >= 15 is 0 Å². The van der Waals surface area contributed by atoms with Gasteiger partial charge in [0, 0.05) is 27.1 Å². The lowest BCUT2D eigenvalue weighted by molar-refractivity contribution is 1.01. The van der Waals surface area contributed by atoms with E-state index in [1.165, 1.54) is 48.9 Å². The molecule has 50 heavy (non-hydrogen) atoms. The van der Waals surface area contributed by atoms with Crippen LogP contribution in [0.4, 0.5) is 0 Å². The minimum atomic E-state index is 0.640. The molecule has 0 atom stereocenters. The summed E-state index contributed by atoms with van der Waals surface area (Å²) in [5, 5.41) is 8.39. The Kier molecular flexibility index (Phi) is 5.63. The topological polar surface area (TPSA) is 35.1 Å². The van der Waals surface area contributed by atoms with Gasteiger partial charge >= 0.3 is 0 Å². The van der Waals surface area contributed by atoms with Gasteiger partial charge in [-0.05, 0) is 57.6 Å². The standard InChI is InChI=1S/C46H28N4/c1-3-12-29(13-4-1)33-24-26-38-41(28-33)49-40-27-23-30-14-7-8-18-34(30)43(40)36-25-22-31-17-11-21-39(42(31)45(36)49)50(38)46-47-37-20-10-9-19-35(37)44(48-46)32-15-5-2-6-16-32/h1-28H. The van der Waals surface area contributed by atoms with Crippen LogP contribution in [0.3, 0.4) is 0 Å². The number of fused-ring (bicyclic) bond motifs is 8. The van der Waals surface area contributed by atoms with Crippen LogP contribution in [-0.4, -0.2) is 18.9 Å². The van der Waals surface area contributed by atoms with E-state index in [0.717, 1.165) is 44.3 Å². The van der Waals surface area contributed by atoms with Gasteiger partial charge in [-0.3, -0.25) is 4.57 Å². The van der Waals surface area contributed by atoms with Crippen molar-refractivity contribution in [3.8, 4) is 28.3 Å². The second-order valence-electron chi connectivity index (χ2n) is 13.0. The summed E-state index contributed by atoms with van der Waals surface area (Å²) in [4.78, 5) is 10.7. The number of hydrogen-bond acceptors (Lipinski definition) is 2. The molecule has 0 aliphatic heterocycles. The molecule has 11 aromatic rings. The van der Waals surface area contributed by atoms with Crippen molar-refractivity contribution in [2.75, 3.05) is 0 Å². The van der Waals surface area contributed by atoms with Crippen LogP contribution >= 0.6 is 0 Å². The molecule has 0 N–H and O–H groups in total. The molecule has 0 radical (unpaired) electrons. The molecule has 0 fully saturated rings. The first kappa shape index (κ1) is 27.2. The third kappa shape index (κ3) is 3.81. The molecule has 0 spiro atoms. The van der Waals surface area contributed by atoms with Crippen molar-refractivity contribution in [3.05, 3.63) is 170 Å². The van der Waals surface area contributed by atoms with Crippen LogP contribution in [0.15, 0.2) is 170 Å². The van der Waals surface area contributed by atoms with Gasteiger partial charge in [0.1, 0.15) is 0 Å². The number of nitrogens with zero attached hydrogens (tertiary/aromatic N) is 4. The van der Waals surface area contributed by atoms with Gasteiger partial charge < -0.3 is 4.40 Å². The van der Waals surface area contributed by atoms with Crippen LogP contribution in [-0.2, 0) is 0 Å². The van der Waals surface area contributed by atoms with Crippen LogP contribution < -0.4 is 0 Å². The molecule has 11 rings (SSSR count). The summed E-state index contributed by atoms with van der Waals surface area (Å²) in [6.45, 7) is 0. The molecule has 0 unspecified atom stereocenters. The SMILES string of the molecule is c1ccc(-c2ccc3c(c2)n2c4ccc5ccccc5c4c4ccc5cccc(c5c42)n3-c2nc(-c3ccccc3)c3ccccc3n2)cc1. The van der Waals surface area contributed by atoms with Gasteiger partial charge in [-0.15, -0.1) is 0 Å². The van der Waals surface area contributed by atoms with Crippen molar-refractivity contribution in [2.45, 2.75) is 0 Å². The zero-order chi connectivity index (χ0) is 32.8. The quantitative estimate of drug-likeness (QED) is 0.193. The maximum Gasteiger partial charge on any atom is 0.235 e. The predicted molar refractivity (Wildman–Crippen MR) is 208 cm³/mol. The molecule has 0 amide bonds. The van der Waals surface area contributed by atoms with Crippen molar-refractivity contribution < 1.29 is 0 Å². The van der Waals surface area contributed by atoms with Crippen molar-refractivity contribution in [3.63, 3.8) is 0 Å². The molecule has 8 aromatic carbocycles. The fraction of sp³-hybridized carbons (Fsp3) is 0. The number of hydrogen-bond donors (Lipinski definition) is 0. The Morgan fingerprint density at radius 3 is 1.94 bits per heavy atom. The molecule has 3 heterocycles. The average molecular weight is 637 g/mol. The second kappa shape index (κ2) is 10.4. The fourth-order valence-electron chi connectivity index (χ4n) is 8.09. The van der Waals surface area contributed by atoms with Gasteiger partial charge in [-0.2, -0.15) is 0 Å². The van der Waals surface area contributed by atoms with Gasteiger partial charge in [0.25, 0.3) is 0 Å². The molecule has 0 aliphatic rings. The lowest BCUT2D eigenvalue weighted by Gasteiger charge is -2.15. The van der Waals surface area contributed by atoms with Gasteiger partial charge in [0.2, 0.25) is 5.95 Å². The first-order valence-corrected chi connectivity index (χ1v) is 17.0. The van der Waals surface area contributed by atoms with E-state index in [1.54, 1.807) is 0 Å². The monoisotopic (exact) mass is 636 g/mol. The van der Waals surface area contributed by atoms with Crippen molar-refractivity contribution in [2.24, 2.45) is 0 Å². The first-order chi connectivity index (χ1) is 24.8. The summed E-state index contributed by atoms with van der Waals surface area (Å²) in [6.07, 6.45) is 0. The predicted octanol–water partition coefficient (Wildman–Crippen LogP) is 11.8. The summed E-state index contributed by atoms with van der Waals surface area (Å²) >= 11 is 0. The highest BCUT2D eigenvalue weighted by atomic mass is 15.2. The lowest BCUT2D eigenvalue weighted by Crippen LogP contribution is -2.05. The molecule has 4 heteroatoms. The number of benzene rings is 8. The number of aromatic nitrogens is 4. The van der Waals surface area contributed by atoms with Gasteiger partial charge in [0.05, 0.1) is 38.8 Å². The largest absolute Gasteiger partial charge is 0.306 e. The van der Waals surface area contributed by atoms with Crippen LogP contribution in [0, 0.1) is 0 Å². The Balaban J connectivity index is 1.40. The summed E-state index contributed by atoms with van der Waals surface area (Å²) in [5.74, 6) is 0.640. The van der Waals surface area contributed by atoms with E-state index in [-0.39, 0.29) is 0 Å². The van der Waals surface area contributed by atoms with E-state index in [0.29, 0.717) is 5.95 Å². The van der Waals surface area contributed by atoms with E-state index < -0.39 is 0 Å². The minimum Gasteiger partial charge on any atom is -0.306 e. The van der Waals surface area contributed by atoms with Gasteiger partial charge in [-0.25, -0.2) is 9.97 Å². The van der Waals surface area contributed by atoms with Gasteiger partial charge in [0.15, 0.2) is 0 Å². The third-order valence-electron chi connectivity index (χ3n) is 10.3. The molecule has 0 aliphatic carbocycles. The van der Waals surface area contributed by atoms with Gasteiger partial charge in [-0.1, -0.05) is 140 Å².